The van der Waals surface area contributed by atoms with Crippen molar-refractivity contribution in [2.24, 2.45) is 5.92 Å². The summed E-state index contributed by atoms with van der Waals surface area (Å²) in [5.41, 5.74) is 2.15. The summed E-state index contributed by atoms with van der Waals surface area (Å²) in [5.74, 6) is 2.06. The van der Waals surface area contributed by atoms with Crippen molar-refractivity contribution in [1.82, 2.24) is 9.79 Å². The largest absolute Gasteiger partial charge is 0.496 e. The highest BCUT2D eigenvalue weighted by Crippen LogP contribution is 2.35. The molecule has 1 aromatic carbocycles. The summed E-state index contributed by atoms with van der Waals surface area (Å²) in [4.78, 5) is 9.01. The van der Waals surface area contributed by atoms with E-state index in [4.69, 9.17) is 19.8 Å². The van der Waals surface area contributed by atoms with Gasteiger partial charge in [-0.3, -0.25) is 5.21 Å². The Bertz CT molecular complexity index is 712. The molecule has 27 heavy (non-hydrogen) atoms. The number of rotatable bonds is 5. The van der Waals surface area contributed by atoms with Gasteiger partial charge >= 0.3 is 6.09 Å². The number of carboxylic acid groups (broad SMARTS) is 1. The van der Waals surface area contributed by atoms with Crippen molar-refractivity contribution in [1.29, 1.82) is 0 Å². The molecule has 0 aromatic heterocycles. The second-order valence-electron chi connectivity index (χ2n) is 6.91. The molecule has 1 saturated carbocycles. The molecule has 3 N–H and O–H groups in total. The van der Waals surface area contributed by atoms with Crippen LogP contribution < -0.4 is 10.2 Å². The molecule has 0 bridgehead atoms. The maximum atomic E-state index is 12.5. The second kappa shape index (κ2) is 9.91. The Labute approximate surface area is 160 Å². The molecule has 2 aliphatic rings. The maximum Gasteiger partial charge on any atom is 0.428 e. The monoisotopic (exact) mass is 400 g/mol. The number of methoxy groups -OCH3 is 1. The van der Waals surface area contributed by atoms with Crippen LogP contribution in [0.5, 0.6) is 5.75 Å². The molecule has 1 aromatic rings. The van der Waals surface area contributed by atoms with E-state index in [1.807, 2.05) is 18.2 Å². The van der Waals surface area contributed by atoms with Gasteiger partial charge in [-0.15, -0.1) is 0 Å². The molecule has 2 fully saturated rings. The van der Waals surface area contributed by atoms with E-state index in [0.29, 0.717) is 30.7 Å². The molecule has 8 nitrogen and oxygen atoms in total. The number of nitrogens with one attached hydrogen (secondary N) is 1. The average Bonchev–Trinajstić information content (AvgIpc) is 2.65. The molecule has 1 aliphatic heterocycles. The topological polar surface area (TPSA) is 116 Å². The third-order valence-electron chi connectivity index (χ3n) is 5.19. The van der Waals surface area contributed by atoms with Crippen LogP contribution in [0.3, 0.4) is 0 Å². The summed E-state index contributed by atoms with van der Waals surface area (Å²) in [6.07, 6.45) is 3.67. The molecule has 1 amide bonds. The summed E-state index contributed by atoms with van der Waals surface area (Å²) in [6.45, 7) is 1.27. The highest BCUT2D eigenvalue weighted by Gasteiger charge is 2.32. The highest BCUT2D eigenvalue weighted by molar-refractivity contribution is 7.89. The number of sulfonamides is 1. The molecule has 9 heteroatoms. The molecule has 152 valence electrons. The van der Waals surface area contributed by atoms with Crippen LogP contribution in [0.15, 0.2) is 24.3 Å². The number of hydrogen-bond donors (Lipinski definition) is 3. The molecule has 0 unspecified atom stereocenters. The van der Waals surface area contributed by atoms with Crippen LogP contribution in [0.25, 0.3) is 0 Å². The van der Waals surface area contributed by atoms with Gasteiger partial charge in [-0.1, -0.05) is 24.6 Å². The lowest BCUT2D eigenvalue weighted by Crippen LogP contribution is -2.41. The van der Waals surface area contributed by atoms with Crippen LogP contribution in [-0.2, 0) is 10.0 Å². The van der Waals surface area contributed by atoms with E-state index in [-0.39, 0.29) is 0 Å². The van der Waals surface area contributed by atoms with Crippen molar-refractivity contribution >= 4 is 16.1 Å². The minimum absolute atomic E-state index is 0.353. The number of ether oxygens (including phenoxy) is 1. The molecule has 1 heterocycles. The van der Waals surface area contributed by atoms with Crippen molar-refractivity contribution in [3.8, 4) is 5.75 Å². The Morgan fingerprint density at radius 1 is 1.22 bits per heavy atom. The molecular formula is C18H28N2O6S. The fraction of sp³-hybridized carbons (Fsp3) is 0.611. The Kier molecular flexibility index (Phi) is 7.88. The quantitative estimate of drug-likeness (QED) is 0.517. The van der Waals surface area contributed by atoms with Gasteiger partial charge in [0.2, 0.25) is 10.0 Å². The Morgan fingerprint density at radius 3 is 2.30 bits per heavy atom. The van der Waals surface area contributed by atoms with E-state index in [9.17, 15) is 8.42 Å². The summed E-state index contributed by atoms with van der Waals surface area (Å²) >= 11 is 0. The first kappa shape index (κ1) is 21.5. The summed E-state index contributed by atoms with van der Waals surface area (Å²) in [6, 6.07) is 8.08. The lowest BCUT2D eigenvalue weighted by Gasteiger charge is -2.34. The molecule has 0 spiro atoms. The molecular weight excluding hydrogens is 372 g/mol. The van der Waals surface area contributed by atoms with Gasteiger partial charge in [0.1, 0.15) is 5.75 Å². The standard InChI is InChI=1S/C17H25NO3S.CH3NO3/c1-21-17-8-3-2-7-16(17)15-9-11-18(12-10-15)22(19,20)13-14-5-4-6-14;3-1(4)2-5/h2-3,7-8,14-15H,4-6,9-13H2,1H3;2,5H,(H,3,4). The minimum Gasteiger partial charge on any atom is -0.496 e. The fourth-order valence-electron chi connectivity index (χ4n) is 3.51. The number of piperidine rings is 1. The van der Waals surface area contributed by atoms with Crippen molar-refractivity contribution in [3.05, 3.63) is 29.8 Å². The highest BCUT2D eigenvalue weighted by atomic mass is 32.2. The number of para-hydroxylation sites is 1. The van der Waals surface area contributed by atoms with Gasteiger partial charge in [0, 0.05) is 13.1 Å². The van der Waals surface area contributed by atoms with Crippen molar-refractivity contribution in [3.63, 3.8) is 0 Å². The second-order valence-corrected chi connectivity index (χ2v) is 8.92. The predicted molar refractivity (Wildman–Crippen MR) is 101 cm³/mol. The Morgan fingerprint density at radius 2 is 1.81 bits per heavy atom. The predicted octanol–water partition coefficient (Wildman–Crippen LogP) is 2.65. The maximum absolute atomic E-state index is 12.5. The number of nitrogens with zero attached hydrogens (tertiary/aromatic N) is 1. The smallest absolute Gasteiger partial charge is 0.428 e. The number of hydroxylamine groups is 1. The molecule has 0 atom stereocenters. The van der Waals surface area contributed by atoms with Crippen molar-refractivity contribution < 1.29 is 28.3 Å². The van der Waals surface area contributed by atoms with E-state index in [0.717, 1.165) is 36.9 Å². The van der Waals surface area contributed by atoms with Gasteiger partial charge in [0.05, 0.1) is 12.9 Å². The first-order valence-electron chi connectivity index (χ1n) is 9.11. The third-order valence-corrected chi connectivity index (χ3v) is 7.24. The van der Waals surface area contributed by atoms with Gasteiger partial charge < -0.3 is 9.84 Å². The Hall–Kier alpha value is -1.84. The lowest BCUT2D eigenvalue weighted by molar-refractivity contribution is 0.122. The normalized spacial score (nSPS) is 18.7. The Balaban J connectivity index is 0.000000465. The average molecular weight is 400 g/mol. The molecule has 1 saturated heterocycles. The van der Waals surface area contributed by atoms with Crippen molar-refractivity contribution in [2.75, 3.05) is 26.0 Å². The summed E-state index contributed by atoms with van der Waals surface area (Å²) in [5, 5.41) is 14.7. The first-order chi connectivity index (χ1) is 12.9. The van der Waals surface area contributed by atoms with Crippen LogP contribution >= 0.6 is 0 Å². The van der Waals surface area contributed by atoms with E-state index >= 15 is 0 Å². The zero-order valence-corrected chi connectivity index (χ0v) is 16.3. The van der Waals surface area contributed by atoms with Crippen LogP contribution in [0.1, 0.15) is 43.6 Å². The van der Waals surface area contributed by atoms with Gasteiger partial charge in [0.15, 0.2) is 0 Å². The SMILES string of the molecule is COc1ccccc1C1CCN(S(=O)(=O)CC2CCC2)CC1.O=C(O)NO. The van der Waals surface area contributed by atoms with Crippen LogP contribution in [-0.4, -0.2) is 55.1 Å². The summed E-state index contributed by atoms with van der Waals surface area (Å²) < 4.78 is 32.1. The third kappa shape index (κ3) is 6.08. The molecule has 3 rings (SSSR count). The van der Waals surface area contributed by atoms with Crippen LogP contribution in [0, 0.1) is 5.92 Å². The zero-order valence-electron chi connectivity index (χ0n) is 15.5. The van der Waals surface area contributed by atoms with Gasteiger partial charge in [0.25, 0.3) is 0 Å². The molecule has 0 radical (unpaired) electrons. The van der Waals surface area contributed by atoms with Crippen LogP contribution in [0.4, 0.5) is 4.79 Å². The van der Waals surface area contributed by atoms with E-state index in [2.05, 4.69) is 6.07 Å². The van der Waals surface area contributed by atoms with Crippen molar-refractivity contribution in [2.45, 2.75) is 38.0 Å². The van der Waals surface area contributed by atoms with Gasteiger partial charge in [-0.05, 0) is 49.1 Å². The summed E-state index contributed by atoms with van der Waals surface area (Å²) in [7, 11) is -1.37. The fourth-order valence-corrected chi connectivity index (χ4v) is 5.42. The molecule has 1 aliphatic carbocycles. The number of amides is 1. The number of benzene rings is 1. The van der Waals surface area contributed by atoms with Gasteiger partial charge in [-0.25, -0.2) is 23.0 Å². The number of hydrogen-bond acceptors (Lipinski definition) is 5. The first-order valence-corrected chi connectivity index (χ1v) is 10.7. The lowest BCUT2D eigenvalue weighted by atomic mass is 9.87. The van der Waals surface area contributed by atoms with Crippen LogP contribution in [0.2, 0.25) is 0 Å². The van der Waals surface area contributed by atoms with E-state index < -0.39 is 16.1 Å². The van der Waals surface area contributed by atoms with E-state index in [1.54, 1.807) is 11.4 Å². The van der Waals surface area contributed by atoms with E-state index in [1.165, 1.54) is 12.0 Å². The van der Waals surface area contributed by atoms with Gasteiger partial charge in [-0.2, -0.15) is 0 Å². The minimum atomic E-state index is -3.06. The number of carbonyl (C=O) groups is 1. The zero-order chi connectivity index (χ0) is 19.9.